The lowest BCUT2D eigenvalue weighted by molar-refractivity contribution is -0.0538. The molecule has 4 aliphatic rings. The second kappa shape index (κ2) is 4.51. The third-order valence-electron chi connectivity index (χ3n) is 5.70. The van der Waals surface area contributed by atoms with E-state index >= 15 is 0 Å². The second-order valence-electron chi connectivity index (χ2n) is 7.24. The van der Waals surface area contributed by atoms with E-state index in [1.54, 1.807) is 25.6 Å². The average molecular weight is 277 g/mol. The Balaban J connectivity index is 1.39. The highest BCUT2D eigenvalue weighted by molar-refractivity contribution is 7.99. The Hall–Kier alpha value is -0.510. The van der Waals surface area contributed by atoms with Gasteiger partial charge in [-0.2, -0.15) is 0 Å². The summed E-state index contributed by atoms with van der Waals surface area (Å²) in [6.07, 6.45) is 12.4. The summed E-state index contributed by atoms with van der Waals surface area (Å²) in [7, 11) is 2.03. The van der Waals surface area contributed by atoms with E-state index in [-0.39, 0.29) is 0 Å². The van der Waals surface area contributed by atoms with Crippen LogP contribution in [0.4, 0.5) is 0 Å². The van der Waals surface area contributed by atoms with Gasteiger partial charge < -0.3 is 4.57 Å². The molecule has 0 radical (unpaired) electrons. The van der Waals surface area contributed by atoms with Crippen LogP contribution in [0.25, 0.3) is 0 Å². The fourth-order valence-corrected chi connectivity index (χ4v) is 6.43. The highest BCUT2D eigenvalue weighted by Gasteiger charge is 2.50. The van der Waals surface area contributed by atoms with E-state index in [1.807, 2.05) is 23.4 Å². The summed E-state index contributed by atoms with van der Waals surface area (Å²) < 4.78 is 2.03. The minimum absolute atomic E-state index is 0.709. The molecule has 0 saturated heterocycles. The van der Waals surface area contributed by atoms with Gasteiger partial charge in [0.15, 0.2) is 5.16 Å². The minimum atomic E-state index is 0.709. The fraction of sp³-hybridized carbons (Fsp3) is 0.867. The first-order valence-corrected chi connectivity index (χ1v) is 8.68. The maximum atomic E-state index is 4.18. The Labute approximate surface area is 119 Å². The fourth-order valence-electron chi connectivity index (χ4n) is 5.36. The van der Waals surface area contributed by atoms with E-state index in [0.29, 0.717) is 5.41 Å². The first kappa shape index (κ1) is 12.2. The Morgan fingerprint density at radius 1 is 1.21 bits per heavy atom. The zero-order valence-corrected chi connectivity index (χ0v) is 12.5. The third-order valence-corrected chi connectivity index (χ3v) is 6.73. The van der Waals surface area contributed by atoms with E-state index < -0.39 is 0 Å². The van der Waals surface area contributed by atoms with Gasteiger partial charge in [-0.15, -0.1) is 10.2 Å². The van der Waals surface area contributed by atoms with Crippen molar-refractivity contribution in [2.24, 2.45) is 30.2 Å². The summed E-state index contributed by atoms with van der Waals surface area (Å²) in [5.41, 5.74) is 0.709. The van der Waals surface area contributed by atoms with Crippen LogP contribution in [-0.4, -0.2) is 20.5 Å². The van der Waals surface area contributed by atoms with Crippen LogP contribution in [0.5, 0.6) is 0 Å². The van der Waals surface area contributed by atoms with Crippen LogP contribution in [-0.2, 0) is 7.05 Å². The molecule has 1 aromatic heterocycles. The SMILES string of the molecule is Cn1cnnc1SCCC12CC3CC(CC(C3)C1)C2. The molecule has 4 bridgehead atoms. The van der Waals surface area contributed by atoms with Crippen LogP contribution < -0.4 is 0 Å². The predicted octanol–water partition coefficient (Wildman–Crippen LogP) is 3.51. The summed E-state index contributed by atoms with van der Waals surface area (Å²) in [5.74, 6) is 4.45. The maximum Gasteiger partial charge on any atom is 0.190 e. The van der Waals surface area contributed by atoms with Gasteiger partial charge >= 0.3 is 0 Å². The zero-order valence-electron chi connectivity index (χ0n) is 11.7. The van der Waals surface area contributed by atoms with Crippen LogP contribution in [0, 0.1) is 23.2 Å². The van der Waals surface area contributed by atoms with Gasteiger partial charge in [-0.25, -0.2) is 0 Å². The Morgan fingerprint density at radius 2 is 1.84 bits per heavy atom. The molecule has 104 valence electrons. The molecule has 0 N–H and O–H groups in total. The van der Waals surface area contributed by atoms with E-state index in [0.717, 1.165) is 22.9 Å². The summed E-state index contributed by atoms with van der Waals surface area (Å²) in [6, 6.07) is 0. The molecular weight excluding hydrogens is 254 g/mol. The van der Waals surface area contributed by atoms with Gasteiger partial charge in [-0.05, 0) is 68.1 Å². The predicted molar refractivity (Wildman–Crippen MR) is 76.9 cm³/mol. The van der Waals surface area contributed by atoms with Gasteiger partial charge in [0.25, 0.3) is 0 Å². The average Bonchev–Trinajstić information content (AvgIpc) is 2.73. The highest BCUT2D eigenvalue weighted by atomic mass is 32.2. The van der Waals surface area contributed by atoms with Crippen LogP contribution in [0.3, 0.4) is 0 Å². The van der Waals surface area contributed by atoms with Gasteiger partial charge in [0.05, 0.1) is 0 Å². The topological polar surface area (TPSA) is 30.7 Å². The molecule has 0 unspecified atom stereocenters. The molecule has 4 saturated carbocycles. The summed E-state index contributed by atoms with van der Waals surface area (Å²) >= 11 is 1.89. The van der Waals surface area contributed by atoms with Crippen LogP contribution in [0.1, 0.15) is 44.9 Å². The first-order valence-electron chi connectivity index (χ1n) is 7.69. The molecule has 3 nitrogen and oxygen atoms in total. The van der Waals surface area contributed by atoms with E-state index in [2.05, 4.69) is 10.2 Å². The summed E-state index contributed by atoms with van der Waals surface area (Å²) in [4.78, 5) is 0. The Morgan fingerprint density at radius 3 is 2.37 bits per heavy atom. The van der Waals surface area contributed by atoms with Crippen molar-refractivity contribution in [3.05, 3.63) is 6.33 Å². The molecule has 4 aliphatic carbocycles. The van der Waals surface area contributed by atoms with Gasteiger partial charge in [0.1, 0.15) is 6.33 Å². The quantitative estimate of drug-likeness (QED) is 0.789. The number of rotatable bonds is 4. The van der Waals surface area contributed by atoms with Crippen molar-refractivity contribution in [1.29, 1.82) is 0 Å². The Kier molecular flexibility index (Phi) is 2.90. The summed E-state index contributed by atoms with van der Waals surface area (Å²) in [6.45, 7) is 0. The van der Waals surface area contributed by atoms with Gasteiger partial charge in [0.2, 0.25) is 0 Å². The lowest BCUT2D eigenvalue weighted by Gasteiger charge is -2.57. The molecule has 0 aromatic carbocycles. The highest BCUT2D eigenvalue weighted by Crippen LogP contribution is 2.61. The normalized spacial score (nSPS) is 39.9. The number of thioether (sulfide) groups is 1. The minimum Gasteiger partial charge on any atom is -0.312 e. The monoisotopic (exact) mass is 277 g/mol. The number of nitrogens with zero attached hydrogens (tertiary/aromatic N) is 3. The first-order chi connectivity index (χ1) is 9.22. The van der Waals surface area contributed by atoms with Crippen molar-refractivity contribution in [3.63, 3.8) is 0 Å². The molecule has 4 fully saturated rings. The van der Waals surface area contributed by atoms with Crippen molar-refractivity contribution in [2.75, 3.05) is 5.75 Å². The van der Waals surface area contributed by atoms with E-state index in [4.69, 9.17) is 0 Å². The third kappa shape index (κ3) is 2.22. The van der Waals surface area contributed by atoms with Gasteiger partial charge in [-0.3, -0.25) is 0 Å². The number of hydrogen-bond acceptors (Lipinski definition) is 3. The number of aromatic nitrogens is 3. The molecule has 0 amide bonds. The molecule has 4 heteroatoms. The summed E-state index contributed by atoms with van der Waals surface area (Å²) in [5, 5.41) is 9.21. The molecular formula is C15H23N3S. The molecule has 1 heterocycles. The van der Waals surface area contributed by atoms with Crippen LogP contribution >= 0.6 is 11.8 Å². The number of aryl methyl sites for hydroxylation is 1. The van der Waals surface area contributed by atoms with Gasteiger partial charge in [-0.1, -0.05) is 11.8 Å². The lowest BCUT2D eigenvalue weighted by Crippen LogP contribution is -2.46. The molecule has 0 aliphatic heterocycles. The standard InChI is InChI=1S/C15H23N3S/c1-18-10-16-17-14(18)19-3-2-15-7-11-4-12(8-15)6-13(5-11)9-15/h10-13H,2-9H2,1H3. The molecule has 0 atom stereocenters. The van der Waals surface area contributed by atoms with Crippen molar-refractivity contribution >= 4 is 11.8 Å². The molecule has 1 aromatic rings. The largest absolute Gasteiger partial charge is 0.312 e. The van der Waals surface area contributed by atoms with Crippen molar-refractivity contribution in [3.8, 4) is 0 Å². The lowest BCUT2D eigenvalue weighted by atomic mass is 9.49. The van der Waals surface area contributed by atoms with Crippen LogP contribution in [0.2, 0.25) is 0 Å². The van der Waals surface area contributed by atoms with Gasteiger partial charge in [0, 0.05) is 12.8 Å². The van der Waals surface area contributed by atoms with E-state index in [1.165, 1.54) is 31.4 Å². The molecule has 19 heavy (non-hydrogen) atoms. The number of hydrogen-bond donors (Lipinski definition) is 0. The zero-order chi connectivity index (χ0) is 12.9. The molecule has 0 spiro atoms. The maximum absolute atomic E-state index is 4.18. The van der Waals surface area contributed by atoms with Crippen molar-refractivity contribution in [2.45, 2.75) is 50.1 Å². The van der Waals surface area contributed by atoms with Crippen LogP contribution in [0.15, 0.2) is 11.5 Å². The molecule has 5 rings (SSSR count). The van der Waals surface area contributed by atoms with Crippen molar-refractivity contribution < 1.29 is 0 Å². The second-order valence-corrected chi connectivity index (χ2v) is 8.30. The Bertz CT molecular complexity index is 432. The smallest absolute Gasteiger partial charge is 0.190 e. The van der Waals surface area contributed by atoms with Crippen molar-refractivity contribution in [1.82, 2.24) is 14.8 Å². The van der Waals surface area contributed by atoms with E-state index in [9.17, 15) is 0 Å².